The third-order valence-electron chi connectivity index (χ3n) is 6.47. The number of likely N-dealkylation sites (tertiary alicyclic amines) is 1. The fraction of sp³-hybridized carbons (Fsp3) is 0.625. The Kier molecular flexibility index (Phi) is 7.70. The van der Waals surface area contributed by atoms with Gasteiger partial charge in [0.2, 0.25) is 17.7 Å². The molecule has 7 heteroatoms. The Balaban J connectivity index is 1.57. The van der Waals surface area contributed by atoms with Crippen LogP contribution < -0.4 is 5.32 Å². The molecule has 1 aromatic rings. The van der Waals surface area contributed by atoms with Crippen LogP contribution in [0.3, 0.4) is 0 Å². The Morgan fingerprint density at radius 2 is 1.81 bits per heavy atom. The minimum absolute atomic E-state index is 0.0207. The van der Waals surface area contributed by atoms with Crippen LogP contribution in [0.5, 0.6) is 0 Å². The molecule has 1 N–H and O–H groups in total. The summed E-state index contributed by atoms with van der Waals surface area (Å²) in [6.07, 6.45) is 2.88. The molecular weight excluding hydrogens is 392 g/mol. The molecule has 0 aliphatic carbocycles. The van der Waals surface area contributed by atoms with Gasteiger partial charge in [0.1, 0.15) is 0 Å². The monoisotopic (exact) mass is 428 g/mol. The molecule has 31 heavy (non-hydrogen) atoms. The Hall–Kier alpha value is -2.41. The van der Waals surface area contributed by atoms with E-state index < -0.39 is 0 Å². The maximum atomic E-state index is 13.1. The third kappa shape index (κ3) is 5.85. The van der Waals surface area contributed by atoms with Gasteiger partial charge < -0.3 is 15.1 Å². The maximum Gasteiger partial charge on any atom is 0.234 e. The molecule has 0 radical (unpaired) electrons. The number of benzene rings is 1. The van der Waals surface area contributed by atoms with E-state index in [0.29, 0.717) is 38.6 Å². The third-order valence-corrected chi connectivity index (χ3v) is 6.47. The lowest BCUT2D eigenvalue weighted by atomic mass is 9.90. The average molecular weight is 429 g/mol. The van der Waals surface area contributed by atoms with Crippen LogP contribution in [-0.4, -0.2) is 77.7 Å². The van der Waals surface area contributed by atoms with Crippen LogP contribution in [0.15, 0.2) is 24.3 Å². The second-order valence-corrected chi connectivity index (χ2v) is 9.13. The van der Waals surface area contributed by atoms with Gasteiger partial charge in [-0.2, -0.15) is 0 Å². The van der Waals surface area contributed by atoms with Gasteiger partial charge in [-0.15, -0.1) is 0 Å². The molecule has 2 aliphatic heterocycles. The summed E-state index contributed by atoms with van der Waals surface area (Å²) in [5.74, 6) is 0.162. The van der Waals surface area contributed by atoms with Crippen LogP contribution in [-0.2, 0) is 20.8 Å². The summed E-state index contributed by atoms with van der Waals surface area (Å²) in [6.45, 7) is 7.92. The number of hydrogen-bond donors (Lipinski definition) is 1. The second-order valence-electron chi connectivity index (χ2n) is 9.13. The van der Waals surface area contributed by atoms with Crippen LogP contribution >= 0.6 is 0 Å². The number of rotatable bonds is 6. The summed E-state index contributed by atoms with van der Waals surface area (Å²) >= 11 is 0. The molecule has 1 aromatic carbocycles. The molecule has 3 rings (SSSR count). The summed E-state index contributed by atoms with van der Waals surface area (Å²) in [5, 5.41) is 2.93. The van der Waals surface area contributed by atoms with Crippen molar-refractivity contribution in [3.05, 3.63) is 35.4 Å². The molecule has 2 heterocycles. The highest BCUT2D eigenvalue weighted by atomic mass is 16.2. The lowest BCUT2D eigenvalue weighted by Crippen LogP contribution is -2.49. The molecule has 0 aromatic heterocycles. The van der Waals surface area contributed by atoms with E-state index >= 15 is 0 Å². The number of piperidine rings is 1. The van der Waals surface area contributed by atoms with Gasteiger partial charge in [-0.25, -0.2) is 0 Å². The van der Waals surface area contributed by atoms with E-state index in [-0.39, 0.29) is 29.8 Å². The number of fused-ring (bicyclic) bond motifs is 1. The predicted molar refractivity (Wildman–Crippen MR) is 120 cm³/mol. The molecule has 1 atom stereocenters. The van der Waals surface area contributed by atoms with Crippen LogP contribution in [0.1, 0.15) is 57.2 Å². The normalized spacial score (nSPS) is 19.5. The Labute approximate surface area is 185 Å². The minimum Gasteiger partial charge on any atom is -0.353 e. The van der Waals surface area contributed by atoms with Crippen molar-refractivity contribution in [3.63, 3.8) is 0 Å². The lowest BCUT2D eigenvalue weighted by Gasteiger charge is -2.40. The van der Waals surface area contributed by atoms with Crippen LogP contribution in [0.25, 0.3) is 0 Å². The highest BCUT2D eigenvalue weighted by Gasteiger charge is 2.33. The lowest BCUT2D eigenvalue weighted by molar-refractivity contribution is -0.138. The number of carbonyl (C=O) groups is 3. The smallest absolute Gasteiger partial charge is 0.234 e. The minimum atomic E-state index is -0.185. The first kappa shape index (κ1) is 23.3. The molecule has 1 saturated heterocycles. The molecule has 1 fully saturated rings. The van der Waals surface area contributed by atoms with E-state index in [9.17, 15) is 14.4 Å². The van der Waals surface area contributed by atoms with Crippen molar-refractivity contribution in [2.24, 2.45) is 0 Å². The van der Waals surface area contributed by atoms with Crippen molar-refractivity contribution < 1.29 is 14.4 Å². The number of nitrogens with one attached hydrogen (secondary N) is 1. The first-order chi connectivity index (χ1) is 14.8. The molecule has 7 nitrogen and oxygen atoms in total. The summed E-state index contributed by atoms with van der Waals surface area (Å²) in [5.41, 5.74) is 2.33. The highest BCUT2D eigenvalue weighted by molar-refractivity contribution is 5.80. The first-order valence-electron chi connectivity index (χ1n) is 11.4. The van der Waals surface area contributed by atoms with Gasteiger partial charge in [-0.1, -0.05) is 24.3 Å². The SMILES string of the molecule is CC(=O)N1CCc2ccccc2C1CC(=O)N1CCC(N(C)CC(=O)NC(C)C)CC1. The van der Waals surface area contributed by atoms with E-state index in [1.165, 1.54) is 5.56 Å². The van der Waals surface area contributed by atoms with E-state index in [0.717, 1.165) is 24.8 Å². The molecule has 0 spiro atoms. The number of likely N-dealkylation sites (N-methyl/N-ethyl adjacent to an activating group) is 1. The second kappa shape index (κ2) is 10.3. The van der Waals surface area contributed by atoms with Gasteiger partial charge in [0.05, 0.1) is 19.0 Å². The van der Waals surface area contributed by atoms with Crippen molar-refractivity contribution in [2.75, 3.05) is 33.2 Å². The van der Waals surface area contributed by atoms with Crippen LogP contribution in [0.4, 0.5) is 0 Å². The van der Waals surface area contributed by atoms with Crippen molar-refractivity contribution in [1.82, 2.24) is 20.0 Å². The van der Waals surface area contributed by atoms with Crippen molar-refractivity contribution in [2.45, 2.75) is 64.6 Å². The Bertz CT molecular complexity index is 802. The van der Waals surface area contributed by atoms with Gasteiger partial charge in [0.25, 0.3) is 0 Å². The molecule has 170 valence electrons. The fourth-order valence-corrected chi connectivity index (χ4v) is 4.82. The summed E-state index contributed by atoms with van der Waals surface area (Å²) < 4.78 is 0. The number of hydrogen-bond acceptors (Lipinski definition) is 4. The summed E-state index contributed by atoms with van der Waals surface area (Å²) in [7, 11) is 1.98. The van der Waals surface area contributed by atoms with Crippen LogP contribution in [0.2, 0.25) is 0 Å². The van der Waals surface area contributed by atoms with E-state index in [1.54, 1.807) is 6.92 Å². The standard InChI is InChI=1S/C24H36N4O3/c1-17(2)25-23(30)16-26(4)20-10-12-27(13-11-20)24(31)15-22-21-8-6-5-7-19(21)9-14-28(22)18(3)29/h5-8,17,20,22H,9-16H2,1-4H3,(H,25,30). The highest BCUT2D eigenvalue weighted by Crippen LogP contribution is 2.33. The Morgan fingerprint density at radius 3 is 2.45 bits per heavy atom. The fourth-order valence-electron chi connectivity index (χ4n) is 4.82. The number of amides is 3. The van der Waals surface area contributed by atoms with Gasteiger partial charge in [0, 0.05) is 38.6 Å². The zero-order chi connectivity index (χ0) is 22.5. The zero-order valence-corrected chi connectivity index (χ0v) is 19.3. The quantitative estimate of drug-likeness (QED) is 0.752. The molecule has 1 unspecified atom stereocenters. The molecule has 0 bridgehead atoms. The van der Waals surface area contributed by atoms with Crippen molar-refractivity contribution >= 4 is 17.7 Å². The largest absolute Gasteiger partial charge is 0.353 e. The van der Waals surface area contributed by atoms with Crippen molar-refractivity contribution in [3.8, 4) is 0 Å². The van der Waals surface area contributed by atoms with Crippen molar-refractivity contribution in [1.29, 1.82) is 0 Å². The number of carbonyl (C=O) groups excluding carboxylic acids is 3. The topological polar surface area (TPSA) is 73.0 Å². The average Bonchev–Trinajstić information content (AvgIpc) is 2.73. The van der Waals surface area contributed by atoms with Gasteiger partial charge >= 0.3 is 0 Å². The summed E-state index contributed by atoms with van der Waals surface area (Å²) in [4.78, 5) is 43.2. The number of nitrogens with zero attached hydrogens (tertiary/aromatic N) is 3. The van der Waals surface area contributed by atoms with Gasteiger partial charge in [-0.3, -0.25) is 19.3 Å². The van der Waals surface area contributed by atoms with E-state index in [1.807, 2.05) is 48.9 Å². The first-order valence-corrected chi connectivity index (χ1v) is 11.4. The molecule has 3 amide bonds. The van der Waals surface area contributed by atoms with E-state index in [2.05, 4.69) is 16.3 Å². The molecule has 0 saturated carbocycles. The molecular formula is C24H36N4O3. The summed E-state index contributed by atoms with van der Waals surface area (Å²) in [6, 6.07) is 8.40. The predicted octanol–water partition coefficient (Wildman–Crippen LogP) is 1.97. The molecule has 2 aliphatic rings. The Morgan fingerprint density at radius 1 is 1.13 bits per heavy atom. The zero-order valence-electron chi connectivity index (χ0n) is 19.3. The van der Waals surface area contributed by atoms with E-state index in [4.69, 9.17) is 0 Å². The van der Waals surface area contributed by atoms with Gasteiger partial charge in [-0.05, 0) is 51.3 Å². The van der Waals surface area contributed by atoms with Gasteiger partial charge in [0.15, 0.2) is 0 Å². The maximum absolute atomic E-state index is 13.1. The van der Waals surface area contributed by atoms with Crippen LogP contribution in [0, 0.1) is 0 Å².